The van der Waals surface area contributed by atoms with Crippen LogP contribution in [0.3, 0.4) is 0 Å². The molecule has 0 saturated heterocycles. The number of carboxylic acid groups (broad SMARTS) is 2. The first kappa shape index (κ1) is 26.7. The van der Waals surface area contributed by atoms with Crippen molar-refractivity contribution in [3.05, 3.63) is 29.8 Å². The number of hydrogen-bond donors (Lipinski definition) is 8. The summed E-state index contributed by atoms with van der Waals surface area (Å²) in [4.78, 5) is 59.1. The number of hydrogen-bond acceptors (Lipinski definition) is 8. The van der Waals surface area contributed by atoms with Gasteiger partial charge in [0, 0.05) is 5.75 Å². The summed E-state index contributed by atoms with van der Waals surface area (Å²) < 4.78 is 0. The third kappa shape index (κ3) is 8.81. The second kappa shape index (κ2) is 12.5. The standard InChI is InChI=1S/C19H26N4O8S/c1-9(19(30)31)21-18(29)14(8-32)23-17(28)13(7-15(25)26)22-16(27)12(20)6-10-2-4-11(24)5-3-10/h2-5,9,12-14,24,32H,6-8,20H2,1H3,(H,21,29)(H,22,27)(H,23,28)(H,25,26)(H,30,31). The van der Waals surface area contributed by atoms with E-state index in [0.717, 1.165) is 0 Å². The Morgan fingerprint density at radius 1 is 0.938 bits per heavy atom. The number of thiol groups is 1. The molecule has 0 aliphatic carbocycles. The molecule has 0 bridgehead atoms. The molecule has 0 heterocycles. The van der Waals surface area contributed by atoms with E-state index >= 15 is 0 Å². The molecular formula is C19H26N4O8S. The molecule has 0 saturated carbocycles. The number of aliphatic carboxylic acids is 2. The number of nitrogens with two attached hydrogens (primary N) is 1. The number of nitrogens with one attached hydrogen (secondary N) is 3. The fourth-order valence-electron chi connectivity index (χ4n) is 2.48. The van der Waals surface area contributed by atoms with Gasteiger partial charge in [-0.2, -0.15) is 12.6 Å². The van der Waals surface area contributed by atoms with Crippen LogP contribution in [0.5, 0.6) is 5.75 Å². The Balaban J connectivity index is 2.82. The van der Waals surface area contributed by atoms with Gasteiger partial charge in [0.25, 0.3) is 0 Å². The summed E-state index contributed by atoms with van der Waals surface area (Å²) in [6.45, 7) is 1.22. The molecule has 1 rings (SSSR count). The summed E-state index contributed by atoms with van der Waals surface area (Å²) in [5.41, 5.74) is 6.47. The van der Waals surface area contributed by atoms with Crippen molar-refractivity contribution in [2.24, 2.45) is 5.73 Å². The van der Waals surface area contributed by atoms with Crippen molar-refractivity contribution in [3.8, 4) is 5.75 Å². The van der Waals surface area contributed by atoms with Crippen LogP contribution in [0.1, 0.15) is 18.9 Å². The molecule has 0 aliphatic rings. The number of carboxylic acids is 2. The monoisotopic (exact) mass is 470 g/mol. The van der Waals surface area contributed by atoms with Crippen LogP contribution in [0.4, 0.5) is 0 Å². The Hall–Kier alpha value is -3.32. The lowest BCUT2D eigenvalue weighted by Gasteiger charge is -2.23. The maximum Gasteiger partial charge on any atom is 0.325 e. The minimum absolute atomic E-state index is 0.0329. The first-order valence-electron chi connectivity index (χ1n) is 9.44. The molecule has 13 heteroatoms. The number of aromatic hydroxyl groups is 1. The van der Waals surface area contributed by atoms with Gasteiger partial charge >= 0.3 is 11.9 Å². The number of benzene rings is 1. The second-order valence-electron chi connectivity index (χ2n) is 6.95. The number of rotatable bonds is 12. The Kier molecular flexibility index (Phi) is 10.4. The largest absolute Gasteiger partial charge is 0.508 e. The highest BCUT2D eigenvalue weighted by Gasteiger charge is 2.30. The molecule has 4 unspecified atom stereocenters. The van der Waals surface area contributed by atoms with E-state index in [-0.39, 0.29) is 17.9 Å². The lowest BCUT2D eigenvalue weighted by molar-refractivity contribution is -0.142. The van der Waals surface area contributed by atoms with E-state index in [1.54, 1.807) is 12.1 Å². The molecule has 0 fully saturated rings. The van der Waals surface area contributed by atoms with E-state index in [2.05, 4.69) is 28.6 Å². The van der Waals surface area contributed by atoms with Crippen LogP contribution in [0, 0.1) is 0 Å². The molecule has 4 atom stereocenters. The number of amides is 3. The number of phenols is 1. The molecule has 176 valence electrons. The predicted octanol–water partition coefficient (Wildman–Crippen LogP) is -1.77. The van der Waals surface area contributed by atoms with Crippen molar-refractivity contribution in [1.82, 2.24) is 16.0 Å². The van der Waals surface area contributed by atoms with Crippen LogP contribution >= 0.6 is 12.6 Å². The van der Waals surface area contributed by atoms with Gasteiger partial charge < -0.3 is 37.0 Å². The first-order chi connectivity index (χ1) is 14.9. The van der Waals surface area contributed by atoms with Gasteiger partial charge in [-0.1, -0.05) is 12.1 Å². The summed E-state index contributed by atoms with van der Waals surface area (Å²) in [6, 6.07) is 0.765. The SMILES string of the molecule is CC(NC(=O)C(CS)NC(=O)C(CC(=O)O)NC(=O)C(N)Cc1ccc(O)cc1)C(=O)O. The number of carbonyl (C=O) groups excluding carboxylic acids is 3. The lowest BCUT2D eigenvalue weighted by Crippen LogP contribution is -2.58. The fourth-order valence-corrected chi connectivity index (χ4v) is 2.74. The van der Waals surface area contributed by atoms with Crippen molar-refractivity contribution < 1.29 is 39.3 Å². The average Bonchev–Trinajstić information content (AvgIpc) is 2.72. The Morgan fingerprint density at radius 2 is 1.47 bits per heavy atom. The van der Waals surface area contributed by atoms with E-state index in [1.165, 1.54) is 19.1 Å². The van der Waals surface area contributed by atoms with E-state index in [9.17, 15) is 29.1 Å². The van der Waals surface area contributed by atoms with Gasteiger partial charge in [-0.05, 0) is 31.0 Å². The smallest absolute Gasteiger partial charge is 0.325 e. The maximum absolute atomic E-state index is 12.5. The van der Waals surface area contributed by atoms with Gasteiger partial charge in [-0.25, -0.2) is 0 Å². The van der Waals surface area contributed by atoms with E-state index in [0.29, 0.717) is 5.56 Å². The summed E-state index contributed by atoms with van der Waals surface area (Å²) in [6.07, 6.45) is -0.724. The third-order valence-electron chi connectivity index (χ3n) is 4.29. The summed E-state index contributed by atoms with van der Waals surface area (Å²) in [7, 11) is 0. The zero-order valence-electron chi connectivity index (χ0n) is 17.1. The normalized spacial score (nSPS) is 14.3. The van der Waals surface area contributed by atoms with Gasteiger partial charge in [0.05, 0.1) is 12.5 Å². The van der Waals surface area contributed by atoms with Gasteiger partial charge in [0.1, 0.15) is 23.9 Å². The molecule has 12 nitrogen and oxygen atoms in total. The minimum atomic E-state index is -1.54. The Bertz CT molecular complexity index is 848. The zero-order chi connectivity index (χ0) is 24.4. The Morgan fingerprint density at radius 3 is 1.97 bits per heavy atom. The van der Waals surface area contributed by atoms with Crippen molar-refractivity contribution >= 4 is 42.3 Å². The highest BCUT2D eigenvalue weighted by molar-refractivity contribution is 7.80. The molecule has 8 N–H and O–H groups in total. The molecular weight excluding hydrogens is 444 g/mol. The maximum atomic E-state index is 12.5. The zero-order valence-corrected chi connectivity index (χ0v) is 18.0. The molecule has 0 aliphatic heterocycles. The molecule has 1 aromatic carbocycles. The highest BCUT2D eigenvalue weighted by Crippen LogP contribution is 2.11. The van der Waals surface area contributed by atoms with Gasteiger partial charge in [-0.15, -0.1) is 0 Å². The van der Waals surface area contributed by atoms with Crippen LogP contribution in [0.2, 0.25) is 0 Å². The van der Waals surface area contributed by atoms with E-state index < -0.39 is 60.2 Å². The van der Waals surface area contributed by atoms with Crippen LogP contribution in [0.25, 0.3) is 0 Å². The summed E-state index contributed by atoms with van der Waals surface area (Å²) in [5.74, 6) is -5.47. The van der Waals surface area contributed by atoms with Crippen LogP contribution in [0.15, 0.2) is 24.3 Å². The Labute approximate surface area is 189 Å². The molecule has 0 spiro atoms. The van der Waals surface area contributed by atoms with Crippen LogP contribution in [-0.4, -0.2) is 74.9 Å². The second-order valence-corrected chi connectivity index (χ2v) is 7.31. The van der Waals surface area contributed by atoms with Crippen molar-refractivity contribution in [3.63, 3.8) is 0 Å². The topological polar surface area (TPSA) is 208 Å². The van der Waals surface area contributed by atoms with Crippen LogP contribution in [-0.2, 0) is 30.4 Å². The predicted molar refractivity (Wildman–Crippen MR) is 115 cm³/mol. The quantitative estimate of drug-likeness (QED) is 0.162. The molecule has 3 amide bonds. The van der Waals surface area contributed by atoms with Crippen molar-refractivity contribution in [1.29, 1.82) is 0 Å². The molecule has 32 heavy (non-hydrogen) atoms. The number of carbonyl (C=O) groups is 5. The van der Waals surface area contributed by atoms with Crippen molar-refractivity contribution in [2.45, 2.75) is 43.9 Å². The first-order valence-corrected chi connectivity index (χ1v) is 10.1. The highest BCUT2D eigenvalue weighted by atomic mass is 32.1. The molecule has 0 radical (unpaired) electrons. The molecule has 1 aromatic rings. The summed E-state index contributed by atoms with van der Waals surface area (Å²) >= 11 is 3.94. The fraction of sp³-hybridized carbons (Fsp3) is 0.421. The van der Waals surface area contributed by atoms with Gasteiger partial charge in [0.2, 0.25) is 17.7 Å². The van der Waals surface area contributed by atoms with Gasteiger partial charge in [0.15, 0.2) is 0 Å². The summed E-state index contributed by atoms with van der Waals surface area (Å²) in [5, 5.41) is 33.9. The number of phenolic OH excluding ortho intramolecular Hbond substituents is 1. The van der Waals surface area contributed by atoms with Gasteiger partial charge in [-0.3, -0.25) is 24.0 Å². The van der Waals surface area contributed by atoms with E-state index in [4.69, 9.17) is 15.9 Å². The molecule has 0 aromatic heterocycles. The van der Waals surface area contributed by atoms with Crippen LogP contribution < -0.4 is 21.7 Å². The van der Waals surface area contributed by atoms with Crippen molar-refractivity contribution in [2.75, 3.05) is 5.75 Å². The average molecular weight is 471 g/mol. The third-order valence-corrected chi connectivity index (χ3v) is 4.65. The lowest BCUT2D eigenvalue weighted by atomic mass is 10.0. The van der Waals surface area contributed by atoms with E-state index in [1.807, 2.05) is 0 Å². The minimum Gasteiger partial charge on any atom is -0.508 e.